The summed E-state index contributed by atoms with van der Waals surface area (Å²) in [6.07, 6.45) is 7.64. The number of ether oxygens (including phenoxy) is 1. The van der Waals surface area contributed by atoms with Crippen molar-refractivity contribution < 1.29 is 9.84 Å². The predicted octanol–water partition coefficient (Wildman–Crippen LogP) is 5.55. The Balaban J connectivity index is 4.98. The molecule has 0 aliphatic carbocycles. The van der Waals surface area contributed by atoms with Crippen molar-refractivity contribution in [2.75, 3.05) is 0 Å². The first kappa shape index (κ1) is 21.7. The molecule has 0 fully saturated rings. The summed E-state index contributed by atoms with van der Waals surface area (Å²) in [6, 6.07) is 0. The molecule has 0 heterocycles. The molecule has 0 saturated carbocycles. The summed E-state index contributed by atoms with van der Waals surface area (Å²) in [5.41, 5.74) is 0. The maximum atomic E-state index is 9.76. The standard InChI is InChI=1S/C6H13O2.3C4H9.Sn/c1-4-8-6(3)5(2)7;3*1-3-4-2;/h4-7H,1-3H3;3*1,3-4H2,2H3;/t5-,6-;;;;/m1..../s1. The molecule has 0 aliphatic rings. The van der Waals surface area contributed by atoms with Crippen LogP contribution in [0.3, 0.4) is 0 Å². The molecule has 21 heavy (non-hydrogen) atoms. The van der Waals surface area contributed by atoms with Crippen LogP contribution in [-0.2, 0) is 4.74 Å². The molecule has 0 aromatic heterocycles. The zero-order chi connectivity index (χ0) is 16.3. The van der Waals surface area contributed by atoms with E-state index < -0.39 is 18.4 Å². The molecule has 3 atom stereocenters. The van der Waals surface area contributed by atoms with Gasteiger partial charge in [-0.3, -0.25) is 0 Å². The van der Waals surface area contributed by atoms with Crippen LogP contribution in [0.25, 0.3) is 0 Å². The molecule has 0 saturated heterocycles. The molecular formula is C18H40O2Sn. The van der Waals surface area contributed by atoms with Crippen LogP contribution in [0.4, 0.5) is 0 Å². The van der Waals surface area contributed by atoms with Crippen molar-refractivity contribution in [1.29, 1.82) is 0 Å². The summed E-state index contributed by atoms with van der Waals surface area (Å²) in [5, 5.41) is 9.76. The van der Waals surface area contributed by atoms with Crippen LogP contribution in [0, 0.1) is 0 Å². The summed E-state index contributed by atoms with van der Waals surface area (Å²) in [4.78, 5) is 0. The summed E-state index contributed by atoms with van der Waals surface area (Å²) < 4.78 is 11.2. The fourth-order valence-electron chi connectivity index (χ4n) is 3.15. The Hall–Kier alpha value is 0.719. The van der Waals surface area contributed by atoms with Gasteiger partial charge in [-0.05, 0) is 0 Å². The number of hydrogen-bond donors (Lipinski definition) is 1. The third-order valence-electron chi connectivity index (χ3n) is 5.05. The van der Waals surface area contributed by atoms with Gasteiger partial charge in [0.25, 0.3) is 0 Å². The monoisotopic (exact) mass is 408 g/mol. The quantitative estimate of drug-likeness (QED) is 0.406. The van der Waals surface area contributed by atoms with Crippen LogP contribution in [-0.4, -0.2) is 39.8 Å². The molecule has 1 N–H and O–H groups in total. The second-order valence-electron chi connectivity index (χ2n) is 6.90. The molecule has 0 spiro atoms. The first-order valence-corrected chi connectivity index (χ1v) is 17.0. The van der Waals surface area contributed by atoms with Crippen molar-refractivity contribution >= 4 is 18.4 Å². The van der Waals surface area contributed by atoms with Crippen molar-refractivity contribution in [3.63, 3.8) is 0 Å². The van der Waals surface area contributed by atoms with E-state index in [9.17, 15) is 5.11 Å². The maximum absolute atomic E-state index is 9.76. The summed E-state index contributed by atoms with van der Waals surface area (Å²) in [5.74, 6) is 0. The zero-order valence-electron chi connectivity index (χ0n) is 15.5. The number of hydrogen-bond acceptors (Lipinski definition) is 2. The second-order valence-corrected chi connectivity index (χ2v) is 21.3. The van der Waals surface area contributed by atoms with Crippen LogP contribution in [0.2, 0.25) is 13.3 Å². The summed E-state index contributed by atoms with van der Waals surface area (Å²) in [6.45, 7) is 13.1. The second kappa shape index (κ2) is 12.2. The number of rotatable bonds is 13. The fourth-order valence-corrected chi connectivity index (χ4v) is 19.3. The topological polar surface area (TPSA) is 29.5 Å². The van der Waals surface area contributed by atoms with Gasteiger partial charge in [-0.15, -0.1) is 0 Å². The average molecular weight is 407 g/mol. The van der Waals surface area contributed by atoms with E-state index in [0.717, 1.165) is 0 Å². The Morgan fingerprint density at radius 1 is 0.810 bits per heavy atom. The fraction of sp³-hybridized carbons (Fsp3) is 1.00. The molecule has 0 aromatic carbocycles. The third kappa shape index (κ3) is 8.22. The van der Waals surface area contributed by atoms with Gasteiger partial charge in [0, 0.05) is 0 Å². The molecule has 0 bridgehead atoms. The summed E-state index contributed by atoms with van der Waals surface area (Å²) in [7, 11) is 0. The molecule has 0 aromatic rings. The van der Waals surface area contributed by atoms with Gasteiger partial charge in [0.2, 0.25) is 0 Å². The van der Waals surface area contributed by atoms with Crippen LogP contribution in [0.5, 0.6) is 0 Å². The van der Waals surface area contributed by atoms with E-state index in [1.807, 2.05) is 13.8 Å². The van der Waals surface area contributed by atoms with Gasteiger partial charge in [0.05, 0.1) is 0 Å². The van der Waals surface area contributed by atoms with Crippen LogP contribution in [0.15, 0.2) is 0 Å². The van der Waals surface area contributed by atoms with Gasteiger partial charge in [-0.1, -0.05) is 0 Å². The van der Waals surface area contributed by atoms with E-state index in [1.165, 1.54) is 51.8 Å². The molecule has 0 radical (unpaired) electrons. The third-order valence-corrected chi connectivity index (χ3v) is 21.9. The van der Waals surface area contributed by atoms with E-state index >= 15 is 0 Å². The normalized spacial score (nSPS) is 16.7. The predicted molar refractivity (Wildman–Crippen MR) is 96.6 cm³/mol. The van der Waals surface area contributed by atoms with Crippen LogP contribution < -0.4 is 0 Å². The molecule has 3 heteroatoms. The number of aliphatic hydroxyl groups is 1. The van der Waals surface area contributed by atoms with Gasteiger partial charge >= 0.3 is 138 Å². The Morgan fingerprint density at radius 2 is 1.19 bits per heavy atom. The van der Waals surface area contributed by atoms with Crippen molar-refractivity contribution in [3.05, 3.63) is 0 Å². The van der Waals surface area contributed by atoms with Crippen molar-refractivity contribution in [1.82, 2.24) is 0 Å². The number of unbranched alkanes of at least 4 members (excludes halogenated alkanes) is 3. The Labute approximate surface area is 137 Å². The van der Waals surface area contributed by atoms with E-state index in [2.05, 4.69) is 27.7 Å². The van der Waals surface area contributed by atoms with Gasteiger partial charge < -0.3 is 0 Å². The molecule has 0 rings (SSSR count). The van der Waals surface area contributed by atoms with Crippen molar-refractivity contribution in [2.24, 2.45) is 0 Å². The van der Waals surface area contributed by atoms with Crippen LogP contribution in [0.1, 0.15) is 80.1 Å². The number of aliphatic hydroxyl groups excluding tert-OH is 1. The molecule has 0 aliphatic heterocycles. The minimum absolute atomic E-state index is 0.0269. The van der Waals surface area contributed by atoms with E-state index in [0.29, 0.717) is 4.12 Å². The van der Waals surface area contributed by atoms with Gasteiger partial charge in [0.1, 0.15) is 0 Å². The molecule has 2 nitrogen and oxygen atoms in total. The van der Waals surface area contributed by atoms with E-state index in [-0.39, 0.29) is 12.2 Å². The van der Waals surface area contributed by atoms with Crippen LogP contribution >= 0.6 is 0 Å². The summed E-state index contributed by atoms with van der Waals surface area (Å²) >= 11 is -2.27. The molecule has 128 valence electrons. The van der Waals surface area contributed by atoms with Gasteiger partial charge in [0.15, 0.2) is 0 Å². The molecule has 0 amide bonds. The molecular weight excluding hydrogens is 367 g/mol. The SMILES string of the molecule is CCC[CH2][Sn]([CH2]CCC)([CH2]CCC)[C@H](C)O[C@H](C)[C@@H](C)O. The van der Waals surface area contributed by atoms with Crippen molar-refractivity contribution in [2.45, 2.75) is 110 Å². The first-order chi connectivity index (χ1) is 9.93. The van der Waals surface area contributed by atoms with E-state index in [1.54, 1.807) is 0 Å². The van der Waals surface area contributed by atoms with Crippen molar-refractivity contribution in [3.8, 4) is 0 Å². The Kier molecular flexibility index (Phi) is 12.6. The van der Waals surface area contributed by atoms with Gasteiger partial charge in [-0.2, -0.15) is 0 Å². The molecule has 0 unspecified atom stereocenters. The Bertz CT molecular complexity index is 222. The van der Waals surface area contributed by atoms with E-state index in [4.69, 9.17) is 4.74 Å². The Morgan fingerprint density at radius 3 is 1.48 bits per heavy atom. The van der Waals surface area contributed by atoms with Gasteiger partial charge in [-0.25, -0.2) is 0 Å². The zero-order valence-corrected chi connectivity index (χ0v) is 18.3. The minimum atomic E-state index is -2.27. The average Bonchev–Trinajstić information content (AvgIpc) is 2.46. The first-order valence-electron chi connectivity index (χ1n) is 9.27.